The molecule has 7 nitrogen and oxygen atoms in total. The molecule has 0 aliphatic carbocycles. The number of carbonyl (C=O) groups is 2. The maximum atomic E-state index is 13.1. The Morgan fingerprint density at radius 3 is 2.47 bits per heavy atom. The lowest BCUT2D eigenvalue weighted by Crippen LogP contribution is -2.30. The minimum Gasteiger partial charge on any atom is -0.345 e. The Labute approximate surface area is 196 Å². The van der Waals surface area contributed by atoms with Crippen molar-refractivity contribution in [1.29, 1.82) is 0 Å². The number of aromatic amines is 1. The Morgan fingerprint density at radius 1 is 1.00 bits per heavy atom. The van der Waals surface area contributed by atoms with E-state index in [1.165, 1.54) is 4.90 Å². The second kappa shape index (κ2) is 8.59. The molecule has 2 heterocycles. The van der Waals surface area contributed by atoms with E-state index in [1.807, 2.05) is 60.7 Å². The molecule has 1 aliphatic heterocycles. The summed E-state index contributed by atoms with van der Waals surface area (Å²) >= 11 is 0. The number of H-pyrrole nitrogens is 1. The highest BCUT2D eigenvalue weighted by Gasteiger charge is 2.26. The molecular formula is C27H24N4O3. The predicted molar refractivity (Wildman–Crippen MR) is 132 cm³/mol. The van der Waals surface area contributed by atoms with Crippen LogP contribution < -0.4 is 10.5 Å². The van der Waals surface area contributed by atoms with Gasteiger partial charge in [0.25, 0.3) is 11.5 Å². The van der Waals surface area contributed by atoms with Crippen molar-refractivity contribution >= 4 is 28.3 Å². The third kappa shape index (κ3) is 3.85. The average molecular weight is 453 g/mol. The molecule has 5 rings (SSSR count). The molecule has 3 aromatic carbocycles. The molecular weight excluding hydrogens is 428 g/mol. The fourth-order valence-corrected chi connectivity index (χ4v) is 4.41. The second-order valence-corrected chi connectivity index (χ2v) is 8.66. The van der Waals surface area contributed by atoms with Crippen LogP contribution >= 0.6 is 0 Å². The van der Waals surface area contributed by atoms with E-state index >= 15 is 0 Å². The number of anilines is 1. The number of nitrogens with one attached hydrogen (secondary N) is 1. The summed E-state index contributed by atoms with van der Waals surface area (Å²) in [6.45, 7) is 0.610. The normalized spacial score (nSPS) is 12.6. The highest BCUT2D eigenvalue weighted by Crippen LogP contribution is 2.30. The lowest BCUT2D eigenvalue weighted by Gasteiger charge is -2.19. The molecule has 0 atom stereocenters. The van der Waals surface area contributed by atoms with E-state index in [2.05, 4.69) is 10.2 Å². The highest BCUT2D eigenvalue weighted by molar-refractivity contribution is 6.00. The van der Waals surface area contributed by atoms with Crippen LogP contribution in [0.2, 0.25) is 0 Å². The van der Waals surface area contributed by atoms with Gasteiger partial charge in [-0.2, -0.15) is 5.10 Å². The summed E-state index contributed by atoms with van der Waals surface area (Å²) in [7, 11) is 3.43. The van der Waals surface area contributed by atoms with Gasteiger partial charge in [-0.3, -0.25) is 14.4 Å². The Morgan fingerprint density at radius 2 is 1.74 bits per heavy atom. The fourth-order valence-electron chi connectivity index (χ4n) is 4.41. The zero-order valence-corrected chi connectivity index (χ0v) is 19.0. The molecule has 1 aromatic heterocycles. The Bertz CT molecular complexity index is 1470. The number of hydrogen-bond donors (Lipinski definition) is 1. The van der Waals surface area contributed by atoms with Crippen LogP contribution in [0.1, 0.15) is 21.5 Å². The van der Waals surface area contributed by atoms with E-state index < -0.39 is 0 Å². The quantitative estimate of drug-likeness (QED) is 0.514. The molecule has 2 amide bonds. The van der Waals surface area contributed by atoms with Crippen molar-refractivity contribution < 1.29 is 9.59 Å². The fraction of sp³-hybridized carbons (Fsp3) is 0.185. The van der Waals surface area contributed by atoms with Gasteiger partial charge in [-0.15, -0.1) is 0 Å². The van der Waals surface area contributed by atoms with Crippen molar-refractivity contribution in [3.05, 3.63) is 93.8 Å². The van der Waals surface area contributed by atoms with Gasteiger partial charge in [-0.25, -0.2) is 5.10 Å². The maximum Gasteiger partial charge on any atom is 0.272 e. The smallest absolute Gasteiger partial charge is 0.272 e. The standard InChI is InChI=1S/C27H24N4O3/c1-30(2)27(34)20-12-11-18-13-14-31(23(18)16-20)24(32)15-17-7-9-19(10-8-17)25-21-5-3-4-6-22(21)26(33)29-28-25/h3-12,16H,13-15H2,1-2H3,(H,29,33). The lowest BCUT2D eigenvalue weighted by atomic mass is 10.0. The summed E-state index contributed by atoms with van der Waals surface area (Å²) in [6, 6.07) is 20.6. The van der Waals surface area contributed by atoms with Crippen molar-refractivity contribution in [1.82, 2.24) is 15.1 Å². The molecule has 34 heavy (non-hydrogen) atoms. The molecule has 0 radical (unpaired) electrons. The SMILES string of the molecule is CN(C)C(=O)c1ccc2c(c1)N(C(=O)Cc1ccc(-c3n[nH]c(=O)c4ccccc34)cc1)CC2. The minimum atomic E-state index is -0.220. The summed E-state index contributed by atoms with van der Waals surface area (Å²) in [4.78, 5) is 40.9. The van der Waals surface area contributed by atoms with Crippen LogP contribution in [0, 0.1) is 0 Å². The number of amides is 2. The van der Waals surface area contributed by atoms with Crippen LogP contribution in [0.5, 0.6) is 0 Å². The monoisotopic (exact) mass is 452 g/mol. The molecule has 0 spiro atoms. The van der Waals surface area contributed by atoms with Gasteiger partial charge in [0.05, 0.1) is 17.5 Å². The van der Waals surface area contributed by atoms with Crippen molar-refractivity contribution in [2.24, 2.45) is 0 Å². The van der Waals surface area contributed by atoms with E-state index in [0.29, 0.717) is 23.2 Å². The van der Waals surface area contributed by atoms with Crippen LogP contribution in [-0.4, -0.2) is 47.6 Å². The number of nitrogens with zero attached hydrogens (tertiary/aromatic N) is 3. The van der Waals surface area contributed by atoms with E-state index in [9.17, 15) is 14.4 Å². The first-order chi connectivity index (χ1) is 16.4. The van der Waals surface area contributed by atoms with Crippen LogP contribution in [0.4, 0.5) is 5.69 Å². The number of carbonyl (C=O) groups excluding carboxylic acids is 2. The molecule has 4 aromatic rings. The molecule has 1 N–H and O–H groups in total. The van der Waals surface area contributed by atoms with E-state index in [4.69, 9.17) is 0 Å². The van der Waals surface area contributed by atoms with Gasteiger partial charge in [-0.1, -0.05) is 48.5 Å². The van der Waals surface area contributed by atoms with Crippen LogP contribution in [0.25, 0.3) is 22.0 Å². The third-order valence-corrected chi connectivity index (χ3v) is 6.21. The summed E-state index contributed by atoms with van der Waals surface area (Å²) in [5.74, 6) is -0.0883. The summed E-state index contributed by atoms with van der Waals surface area (Å²) in [5, 5.41) is 8.18. The highest BCUT2D eigenvalue weighted by atomic mass is 16.2. The molecule has 0 fully saturated rings. The average Bonchev–Trinajstić information content (AvgIpc) is 3.28. The van der Waals surface area contributed by atoms with E-state index in [1.54, 1.807) is 25.1 Å². The minimum absolute atomic E-state index is 0.00596. The van der Waals surface area contributed by atoms with Crippen molar-refractivity contribution in [3.8, 4) is 11.3 Å². The van der Waals surface area contributed by atoms with Gasteiger partial charge < -0.3 is 9.80 Å². The Balaban J connectivity index is 1.37. The number of fused-ring (bicyclic) bond motifs is 2. The van der Waals surface area contributed by atoms with Crippen LogP contribution in [0.15, 0.2) is 71.5 Å². The zero-order chi connectivity index (χ0) is 23.8. The lowest BCUT2D eigenvalue weighted by molar-refractivity contribution is -0.117. The molecule has 0 saturated heterocycles. The molecule has 170 valence electrons. The van der Waals surface area contributed by atoms with Crippen LogP contribution in [0.3, 0.4) is 0 Å². The van der Waals surface area contributed by atoms with Crippen molar-refractivity contribution in [3.63, 3.8) is 0 Å². The molecule has 1 aliphatic rings. The molecule has 7 heteroatoms. The van der Waals surface area contributed by atoms with Gasteiger partial charge in [0.1, 0.15) is 0 Å². The van der Waals surface area contributed by atoms with Gasteiger partial charge in [0, 0.05) is 42.8 Å². The number of aromatic nitrogens is 2. The van der Waals surface area contributed by atoms with Gasteiger partial charge in [0.15, 0.2) is 0 Å². The molecule has 0 bridgehead atoms. The number of rotatable bonds is 4. The summed E-state index contributed by atoms with van der Waals surface area (Å²) in [6.07, 6.45) is 1.03. The summed E-state index contributed by atoms with van der Waals surface area (Å²) in [5.41, 5.74) is 4.70. The maximum absolute atomic E-state index is 13.1. The summed E-state index contributed by atoms with van der Waals surface area (Å²) < 4.78 is 0. The van der Waals surface area contributed by atoms with Gasteiger partial charge in [-0.05, 0) is 35.7 Å². The first-order valence-electron chi connectivity index (χ1n) is 11.1. The van der Waals surface area contributed by atoms with Crippen molar-refractivity contribution in [2.75, 3.05) is 25.5 Å². The largest absolute Gasteiger partial charge is 0.345 e. The third-order valence-electron chi connectivity index (χ3n) is 6.21. The number of benzene rings is 3. The number of hydrogen-bond acceptors (Lipinski definition) is 4. The van der Waals surface area contributed by atoms with E-state index in [-0.39, 0.29) is 23.8 Å². The molecule has 0 saturated carbocycles. The van der Waals surface area contributed by atoms with Crippen LogP contribution in [-0.2, 0) is 17.6 Å². The van der Waals surface area contributed by atoms with Gasteiger partial charge >= 0.3 is 0 Å². The second-order valence-electron chi connectivity index (χ2n) is 8.66. The first kappa shape index (κ1) is 21.6. The van der Waals surface area contributed by atoms with Gasteiger partial charge in [0.2, 0.25) is 5.91 Å². The zero-order valence-electron chi connectivity index (χ0n) is 19.0. The van der Waals surface area contributed by atoms with E-state index in [0.717, 1.165) is 34.2 Å². The predicted octanol–water partition coefficient (Wildman–Crippen LogP) is 3.42. The first-order valence-corrected chi connectivity index (χ1v) is 11.1. The van der Waals surface area contributed by atoms with Crippen molar-refractivity contribution in [2.45, 2.75) is 12.8 Å². The Hall–Kier alpha value is -4.26. The Kier molecular flexibility index (Phi) is 5.45. The molecule has 0 unspecified atom stereocenters. The topological polar surface area (TPSA) is 86.4 Å².